The third kappa shape index (κ3) is 6.46. The van der Waals surface area contributed by atoms with Crippen LogP contribution in [0, 0.1) is 11.8 Å². The third-order valence-corrected chi connectivity index (χ3v) is 3.87. The standard InChI is InChI=1S/C14H25N3O4/c1-17(2)12(18)7-8-15-14(21)16-9-10-3-5-11(6-4-10)13(19)20/h10-11H,3-9H2,1-2H3,(H,19,20)(H2,15,16,21). The Morgan fingerprint density at radius 3 is 2.24 bits per heavy atom. The highest BCUT2D eigenvalue weighted by molar-refractivity contribution is 5.77. The van der Waals surface area contributed by atoms with Crippen molar-refractivity contribution in [2.75, 3.05) is 27.2 Å². The molecule has 0 bridgehead atoms. The van der Waals surface area contributed by atoms with Gasteiger partial charge >= 0.3 is 12.0 Å². The molecule has 0 atom stereocenters. The van der Waals surface area contributed by atoms with E-state index in [4.69, 9.17) is 5.11 Å². The number of amides is 3. The third-order valence-electron chi connectivity index (χ3n) is 3.87. The predicted octanol–water partition coefficient (Wildman–Crippen LogP) is 0.655. The average Bonchev–Trinajstić information content (AvgIpc) is 2.45. The van der Waals surface area contributed by atoms with Gasteiger partial charge in [-0.05, 0) is 31.6 Å². The van der Waals surface area contributed by atoms with Crippen LogP contribution in [0.2, 0.25) is 0 Å². The first-order valence-electron chi connectivity index (χ1n) is 7.34. The summed E-state index contributed by atoms with van der Waals surface area (Å²) in [5.41, 5.74) is 0. The minimum atomic E-state index is -0.718. The van der Waals surface area contributed by atoms with E-state index in [1.807, 2.05) is 0 Å². The number of hydrogen-bond acceptors (Lipinski definition) is 3. The van der Waals surface area contributed by atoms with Gasteiger partial charge in [-0.15, -0.1) is 0 Å². The number of aliphatic carboxylic acids is 1. The molecule has 21 heavy (non-hydrogen) atoms. The molecule has 1 aliphatic carbocycles. The van der Waals surface area contributed by atoms with Gasteiger partial charge in [-0.1, -0.05) is 0 Å². The molecule has 0 heterocycles. The molecule has 0 aromatic rings. The Morgan fingerprint density at radius 2 is 1.71 bits per heavy atom. The molecule has 3 N–H and O–H groups in total. The van der Waals surface area contributed by atoms with E-state index < -0.39 is 5.97 Å². The van der Waals surface area contributed by atoms with Gasteiger partial charge in [-0.25, -0.2) is 4.79 Å². The molecule has 1 aliphatic rings. The molecule has 7 heteroatoms. The number of carbonyl (C=O) groups is 3. The molecule has 7 nitrogen and oxygen atoms in total. The van der Waals surface area contributed by atoms with Gasteiger partial charge in [0.1, 0.15) is 0 Å². The van der Waals surface area contributed by atoms with Crippen molar-refractivity contribution in [3.63, 3.8) is 0 Å². The van der Waals surface area contributed by atoms with Crippen LogP contribution in [0.4, 0.5) is 4.79 Å². The fourth-order valence-electron chi connectivity index (χ4n) is 2.42. The van der Waals surface area contributed by atoms with Gasteiger partial charge in [0.15, 0.2) is 0 Å². The summed E-state index contributed by atoms with van der Waals surface area (Å²) in [7, 11) is 3.35. The number of urea groups is 1. The Hall–Kier alpha value is -1.79. The van der Waals surface area contributed by atoms with Crippen molar-refractivity contribution in [1.29, 1.82) is 0 Å². The highest BCUT2D eigenvalue weighted by Crippen LogP contribution is 2.28. The molecule has 0 aliphatic heterocycles. The fraction of sp³-hybridized carbons (Fsp3) is 0.786. The van der Waals surface area contributed by atoms with E-state index >= 15 is 0 Å². The van der Waals surface area contributed by atoms with Crippen molar-refractivity contribution in [3.05, 3.63) is 0 Å². The second kappa shape index (κ2) is 8.49. The van der Waals surface area contributed by atoms with Crippen LogP contribution in [0.15, 0.2) is 0 Å². The van der Waals surface area contributed by atoms with E-state index in [0.717, 1.165) is 12.8 Å². The zero-order valence-electron chi connectivity index (χ0n) is 12.7. The van der Waals surface area contributed by atoms with Crippen LogP contribution in [0.3, 0.4) is 0 Å². The number of carboxylic acids is 1. The van der Waals surface area contributed by atoms with Crippen LogP contribution in [0.1, 0.15) is 32.1 Å². The largest absolute Gasteiger partial charge is 0.481 e. The number of hydrogen-bond donors (Lipinski definition) is 3. The van der Waals surface area contributed by atoms with Gasteiger partial charge in [0, 0.05) is 33.6 Å². The lowest BCUT2D eigenvalue weighted by molar-refractivity contribution is -0.143. The Bertz CT molecular complexity index is 376. The number of nitrogens with one attached hydrogen (secondary N) is 2. The SMILES string of the molecule is CN(C)C(=O)CCNC(=O)NCC1CCC(C(=O)O)CC1. The van der Waals surface area contributed by atoms with Crippen molar-refractivity contribution in [1.82, 2.24) is 15.5 Å². The zero-order chi connectivity index (χ0) is 15.8. The van der Waals surface area contributed by atoms with Gasteiger partial charge in [0.25, 0.3) is 0 Å². The van der Waals surface area contributed by atoms with E-state index in [0.29, 0.717) is 31.8 Å². The molecule has 3 amide bonds. The molecular weight excluding hydrogens is 274 g/mol. The first kappa shape index (κ1) is 17.3. The van der Waals surface area contributed by atoms with Crippen LogP contribution in [0.25, 0.3) is 0 Å². The summed E-state index contributed by atoms with van der Waals surface area (Å²) in [6.07, 6.45) is 3.30. The highest BCUT2D eigenvalue weighted by atomic mass is 16.4. The lowest BCUT2D eigenvalue weighted by atomic mass is 9.82. The summed E-state index contributed by atoms with van der Waals surface area (Å²) in [6, 6.07) is -0.276. The summed E-state index contributed by atoms with van der Waals surface area (Å²) < 4.78 is 0. The van der Waals surface area contributed by atoms with E-state index in [-0.39, 0.29) is 24.3 Å². The Kier molecular flexibility index (Phi) is 6.98. The number of carboxylic acid groups (broad SMARTS) is 1. The molecule has 1 saturated carbocycles. The normalized spacial score (nSPS) is 21.4. The van der Waals surface area contributed by atoms with Crippen molar-refractivity contribution >= 4 is 17.9 Å². The monoisotopic (exact) mass is 299 g/mol. The van der Waals surface area contributed by atoms with E-state index in [1.54, 1.807) is 14.1 Å². The Morgan fingerprint density at radius 1 is 1.10 bits per heavy atom. The van der Waals surface area contributed by atoms with Crippen LogP contribution < -0.4 is 10.6 Å². The topological polar surface area (TPSA) is 98.7 Å². The minimum Gasteiger partial charge on any atom is -0.481 e. The average molecular weight is 299 g/mol. The lowest BCUT2D eigenvalue weighted by Crippen LogP contribution is -2.40. The van der Waals surface area contributed by atoms with E-state index in [9.17, 15) is 14.4 Å². The molecule has 0 aromatic heterocycles. The maximum atomic E-state index is 11.6. The summed E-state index contributed by atoms with van der Waals surface area (Å²) in [6.45, 7) is 0.869. The maximum absolute atomic E-state index is 11.6. The summed E-state index contributed by atoms with van der Waals surface area (Å²) in [5, 5.41) is 14.3. The van der Waals surface area contributed by atoms with Crippen molar-refractivity contribution in [2.45, 2.75) is 32.1 Å². The zero-order valence-corrected chi connectivity index (χ0v) is 12.7. The minimum absolute atomic E-state index is 0.0257. The Balaban J connectivity index is 2.11. The van der Waals surface area contributed by atoms with Gasteiger partial charge in [0.05, 0.1) is 5.92 Å². The number of carbonyl (C=O) groups excluding carboxylic acids is 2. The lowest BCUT2D eigenvalue weighted by Gasteiger charge is -2.26. The smallest absolute Gasteiger partial charge is 0.314 e. The van der Waals surface area contributed by atoms with E-state index in [1.165, 1.54) is 4.90 Å². The predicted molar refractivity (Wildman–Crippen MR) is 77.8 cm³/mol. The van der Waals surface area contributed by atoms with Crippen molar-refractivity contribution in [3.8, 4) is 0 Å². The number of rotatable bonds is 6. The van der Waals surface area contributed by atoms with Crippen LogP contribution >= 0.6 is 0 Å². The molecular formula is C14H25N3O4. The van der Waals surface area contributed by atoms with Gasteiger partial charge < -0.3 is 20.6 Å². The van der Waals surface area contributed by atoms with Gasteiger partial charge in [-0.3, -0.25) is 9.59 Å². The highest BCUT2D eigenvalue weighted by Gasteiger charge is 2.25. The second-order valence-corrected chi connectivity index (χ2v) is 5.73. The van der Waals surface area contributed by atoms with Gasteiger partial charge in [0.2, 0.25) is 5.91 Å². The van der Waals surface area contributed by atoms with Crippen molar-refractivity contribution < 1.29 is 19.5 Å². The van der Waals surface area contributed by atoms with E-state index in [2.05, 4.69) is 10.6 Å². The molecule has 0 aromatic carbocycles. The van der Waals surface area contributed by atoms with Crippen molar-refractivity contribution in [2.24, 2.45) is 11.8 Å². The molecule has 0 radical (unpaired) electrons. The summed E-state index contributed by atoms with van der Waals surface area (Å²) >= 11 is 0. The molecule has 0 saturated heterocycles. The fourth-order valence-corrected chi connectivity index (χ4v) is 2.42. The van der Waals surface area contributed by atoms with Crippen LogP contribution in [-0.2, 0) is 9.59 Å². The molecule has 1 fully saturated rings. The maximum Gasteiger partial charge on any atom is 0.314 e. The number of nitrogens with zero attached hydrogens (tertiary/aromatic N) is 1. The summed E-state index contributed by atoms with van der Waals surface area (Å²) in [5.74, 6) is -0.631. The molecule has 0 unspecified atom stereocenters. The second-order valence-electron chi connectivity index (χ2n) is 5.73. The van der Waals surface area contributed by atoms with Crippen LogP contribution in [0.5, 0.6) is 0 Å². The molecule has 120 valence electrons. The van der Waals surface area contributed by atoms with Gasteiger partial charge in [-0.2, -0.15) is 0 Å². The summed E-state index contributed by atoms with van der Waals surface area (Å²) in [4.78, 5) is 35.2. The first-order valence-corrected chi connectivity index (χ1v) is 7.34. The first-order chi connectivity index (χ1) is 9.90. The van der Waals surface area contributed by atoms with Crippen LogP contribution in [-0.4, -0.2) is 55.1 Å². The quantitative estimate of drug-likeness (QED) is 0.671. The molecule has 0 spiro atoms. The Labute approximate surface area is 125 Å². The molecule has 1 rings (SSSR count).